The Morgan fingerprint density at radius 2 is 1.86 bits per heavy atom. The topological polar surface area (TPSA) is 99.9 Å². The lowest BCUT2D eigenvalue weighted by Crippen LogP contribution is -2.16. The number of ketones is 1. The second-order valence-corrected chi connectivity index (χ2v) is 5.33. The van der Waals surface area contributed by atoms with Crippen molar-refractivity contribution < 1.29 is 4.79 Å². The molecule has 4 N–H and O–H groups in total. The first-order valence-electron chi connectivity index (χ1n) is 7.06. The summed E-state index contributed by atoms with van der Waals surface area (Å²) in [6, 6.07) is 11.0. The molecular formula is C16H17N5O. The third kappa shape index (κ3) is 2.63. The van der Waals surface area contributed by atoms with Crippen LogP contribution in [0.4, 0.5) is 0 Å². The summed E-state index contributed by atoms with van der Waals surface area (Å²) < 4.78 is 0. The molecule has 3 aromatic rings. The van der Waals surface area contributed by atoms with E-state index in [-0.39, 0.29) is 11.8 Å². The van der Waals surface area contributed by atoms with Crippen LogP contribution in [0.1, 0.15) is 35.9 Å². The Labute approximate surface area is 127 Å². The number of aliphatic imine (C=N–C) groups is 1. The molecule has 0 aliphatic carbocycles. The molecule has 2 aromatic heterocycles. The van der Waals surface area contributed by atoms with E-state index in [1.807, 2.05) is 38.1 Å². The molecular weight excluding hydrogens is 278 g/mol. The Morgan fingerprint density at radius 1 is 1.14 bits per heavy atom. The standard InChI is InChI=1S/C16H17N5O/c1-9(2)18-15(17)13-8-7-12(19-13)14(22)16-20-10-5-3-4-6-11(10)21-16/h3-9,19H,1-2H3,(H2,17,18)(H,20,21). The van der Waals surface area contributed by atoms with Crippen molar-refractivity contribution in [1.29, 1.82) is 0 Å². The van der Waals surface area contributed by atoms with Gasteiger partial charge in [0, 0.05) is 6.04 Å². The van der Waals surface area contributed by atoms with Crippen molar-refractivity contribution in [3.8, 4) is 0 Å². The zero-order valence-electron chi connectivity index (χ0n) is 12.4. The van der Waals surface area contributed by atoms with Gasteiger partial charge in [0.05, 0.1) is 22.4 Å². The van der Waals surface area contributed by atoms with Crippen LogP contribution in [0.15, 0.2) is 41.4 Å². The number of nitrogens with one attached hydrogen (secondary N) is 2. The van der Waals surface area contributed by atoms with Crippen LogP contribution < -0.4 is 5.73 Å². The van der Waals surface area contributed by atoms with Crippen molar-refractivity contribution in [1.82, 2.24) is 15.0 Å². The molecule has 112 valence electrons. The number of nitrogens with two attached hydrogens (primary N) is 1. The first kappa shape index (κ1) is 14.1. The fourth-order valence-corrected chi connectivity index (χ4v) is 2.21. The van der Waals surface area contributed by atoms with Crippen molar-refractivity contribution >= 4 is 22.7 Å². The fraction of sp³-hybridized carbons (Fsp3) is 0.188. The van der Waals surface area contributed by atoms with Crippen LogP contribution in [0.3, 0.4) is 0 Å². The van der Waals surface area contributed by atoms with E-state index in [4.69, 9.17) is 5.73 Å². The number of rotatable bonds is 4. The summed E-state index contributed by atoms with van der Waals surface area (Å²) in [6.07, 6.45) is 0. The Bertz CT molecular complexity index is 823. The monoisotopic (exact) mass is 295 g/mol. The normalized spacial score (nSPS) is 12.2. The molecule has 0 saturated carbocycles. The third-order valence-electron chi connectivity index (χ3n) is 3.21. The average molecular weight is 295 g/mol. The van der Waals surface area contributed by atoms with Crippen LogP contribution in [0, 0.1) is 0 Å². The molecule has 0 atom stereocenters. The number of fused-ring (bicyclic) bond motifs is 1. The van der Waals surface area contributed by atoms with Gasteiger partial charge >= 0.3 is 0 Å². The van der Waals surface area contributed by atoms with E-state index >= 15 is 0 Å². The van der Waals surface area contributed by atoms with Gasteiger partial charge in [0.2, 0.25) is 5.78 Å². The molecule has 0 radical (unpaired) electrons. The zero-order chi connectivity index (χ0) is 15.7. The van der Waals surface area contributed by atoms with E-state index in [1.165, 1.54) is 0 Å². The predicted molar refractivity (Wildman–Crippen MR) is 86.2 cm³/mol. The van der Waals surface area contributed by atoms with E-state index in [2.05, 4.69) is 19.9 Å². The molecule has 0 amide bonds. The summed E-state index contributed by atoms with van der Waals surface area (Å²) in [6.45, 7) is 3.88. The van der Waals surface area contributed by atoms with Crippen LogP contribution in [-0.2, 0) is 0 Å². The van der Waals surface area contributed by atoms with E-state index in [0.717, 1.165) is 11.0 Å². The number of amidine groups is 1. The number of nitrogens with zero attached hydrogens (tertiary/aromatic N) is 2. The van der Waals surface area contributed by atoms with Crippen molar-refractivity contribution in [3.63, 3.8) is 0 Å². The number of aromatic amines is 2. The van der Waals surface area contributed by atoms with Crippen LogP contribution in [-0.4, -0.2) is 32.6 Å². The lowest BCUT2D eigenvalue weighted by atomic mass is 10.3. The Morgan fingerprint density at radius 3 is 2.59 bits per heavy atom. The molecule has 0 fully saturated rings. The summed E-state index contributed by atoms with van der Waals surface area (Å²) >= 11 is 0. The highest BCUT2D eigenvalue weighted by atomic mass is 16.1. The number of para-hydroxylation sites is 2. The molecule has 1 aromatic carbocycles. The average Bonchev–Trinajstić information content (AvgIpc) is 3.12. The molecule has 0 saturated heterocycles. The second-order valence-electron chi connectivity index (χ2n) is 5.33. The Balaban J connectivity index is 1.91. The van der Waals surface area contributed by atoms with Crippen molar-refractivity contribution in [2.75, 3.05) is 0 Å². The molecule has 22 heavy (non-hydrogen) atoms. The minimum Gasteiger partial charge on any atom is -0.382 e. The number of hydrogen-bond donors (Lipinski definition) is 3. The summed E-state index contributed by atoms with van der Waals surface area (Å²) in [7, 11) is 0. The van der Waals surface area contributed by atoms with E-state index < -0.39 is 0 Å². The molecule has 0 unspecified atom stereocenters. The third-order valence-corrected chi connectivity index (χ3v) is 3.21. The summed E-state index contributed by atoms with van der Waals surface area (Å²) in [5.74, 6) is 0.479. The van der Waals surface area contributed by atoms with Crippen LogP contribution in [0.2, 0.25) is 0 Å². The number of imidazole rings is 1. The number of hydrogen-bond acceptors (Lipinski definition) is 3. The van der Waals surface area contributed by atoms with Crippen molar-refractivity contribution in [2.24, 2.45) is 10.7 Å². The van der Waals surface area contributed by atoms with E-state index in [0.29, 0.717) is 23.0 Å². The Hall–Kier alpha value is -2.89. The summed E-state index contributed by atoms with van der Waals surface area (Å²) in [5, 5.41) is 0. The zero-order valence-corrected chi connectivity index (χ0v) is 12.4. The lowest BCUT2D eigenvalue weighted by molar-refractivity contribution is 0.102. The van der Waals surface area contributed by atoms with Gasteiger partial charge in [-0.15, -0.1) is 0 Å². The van der Waals surface area contributed by atoms with Gasteiger partial charge in [-0.3, -0.25) is 9.79 Å². The van der Waals surface area contributed by atoms with Crippen molar-refractivity contribution in [3.05, 3.63) is 53.6 Å². The maximum atomic E-state index is 12.5. The van der Waals surface area contributed by atoms with Gasteiger partial charge in [0.15, 0.2) is 5.82 Å². The molecule has 0 spiro atoms. The maximum absolute atomic E-state index is 12.5. The summed E-state index contributed by atoms with van der Waals surface area (Å²) in [5.41, 5.74) is 8.55. The number of H-pyrrole nitrogens is 2. The number of benzene rings is 1. The highest BCUT2D eigenvalue weighted by molar-refractivity contribution is 6.08. The molecule has 2 heterocycles. The van der Waals surface area contributed by atoms with Gasteiger partial charge in [0.25, 0.3) is 0 Å². The number of aromatic nitrogens is 3. The lowest BCUT2D eigenvalue weighted by Gasteiger charge is -2.00. The van der Waals surface area contributed by atoms with Gasteiger partial charge in [-0.2, -0.15) is 0 Å². The molecule has 0 bridgehead atoms. The molecule has 0 aliphatic rings. The van der Waals surface area contributed by atoms with Gasteiger partial charge in [-0.25, -0.2) is 4.98 Å². The SMILES string of the molecule is CC(C)N=C(N)c1ccc(C(=O)c2nc3ccccc3[nH]2)[nH]1. The molecule has 6 nitrogen and oxygen atoms in total. The number of carbonyl (C=O) groups excluding carboxylic acids is 1. The first-order valence-corrected chi connectivity index (χ1v) is 7.06. The number of carbonyl (C=O) groups is 1. The minimum atomic E-state index is -0.209. The van der Waals surface area contributed by atoms with Gasteiger partial charge in [-0.05, 0) is 38.1 Å². The smallest absolute Gasteiger partial charge is 0.244 e. The largest absolute Gasteiger partial charge is 0.382 e. The highest BCUT2D eigenvalue weighted by Gasteiger charge is 2.16. The predicted octanol–water partition coefficient (Wildman–Crippen LogP) is 2.24. The minimum absolute atomic E-state index is 0.0952. The highest BCUT2D eigenvalue weighted by Crippen LogP contribution is 2.13. The van der Waals surface area contributed by atoms with Crippen LogP contribution in [0.25, 0.3) is 11.0 Å². The molecule has 0 aliphatic heterocycles. The van der Waals surface area contributed by atoms with Gasteiger partial charge < -0.3 is 15.7 Å². The maximum Gasteiger partial charge on any atom is 0.244 e. The van der Waals surface area contributed by atoms with Crippen molar-refractivity contribution in [2.45, 2.75) is 19.9 Å². The summed E-state index contributed by atoms with van der Waals surface area (Å²) in [4.78, 5) is 27.0. The molecule has 6 heteroatoms. The van der Waals surface area contributed by atoms with E-state index in [1.54, 1.807) is 12.1 Å². The van der Waals surface area contributed by atoms with Crippen LogP contribution >= 0.6 is 0 Å². The first-order chi connectivity index (χ1) is 10.5. The molecule has 3 rings (SSSR count). The second kappa shape index (κ2) is 5.48. The van der Waals surface area contributed by atoms with Gasteiger partial charge in [-0.1, -0.05) is 12.1 Å². The van der Waals surface area contributed by atoms with Crippen LogP contribution in [0.5, 0.6) is 0 Å². The van der Waals surface area contributed by atoms with Gasteiger partial charge in [0.1, 0.15) is 5.84 Å². The quantitative estimate of drug-likeness (QED) is 0.391. The van der Waals surface area contributed by atoms with E-state index in [9.17, 15) is 4.79 Å². The fourth-order valence-electron chi connectivity index (χ4n) is 2.21. The Kier molecular flexibility index (Phi) is 3.50.